The summed E-state index contributed by atoms with van der Waals surface area (Å²) in [4.78, 5) is 10.5. The van der Waals surface area contributed by atoms with Gasteiger partial charge in [0.2, 0.25) is 0 Å². The fraction of sp³-hybridized carbons (Fsp3) is 0.308. The van der Waals surface area contributed by atoms with Gasteiger partial charge in [0, 0.05) is 12.6 Å². The second-order valence-electron chi connectivity index (χ2n) is 2.97. The van der Waals surface area contributed by atoms with Gasteiger partial charge in [-0.3, -0.25) is 4.79 Å². The lowest BCUT2D eigenvalue weighted by Crippen LogP contribution is -1.97. The molecule has 0 aliphatic heterocycles. The molecule has 0 amide bonds. The number of ether oxygens (including phenoxy) is 1. The average molecular weight is 253 g/mol. The van der Waals surface area contributed by atoms with E-state index >= 15 is 0 Å². The predicted molar refractivity (Wildman–Crippen MR) is 76.8 cm³/mol. The zero-order valence-corrected chi connectivity index (χ0v) is 11.7. The summed E-state index contributed by atoms with van der Waals surface area (Å²) in [6.45, 7) is 5.71. The van der Waals surface area contributed by atoms with Crippen LogP contribution in [0.4, 0.5) is 5.69 Å². The molecule has 0 radical (unpaired) electrons. The van der Waals surface area contributed by atoms with E-state index in [1.807, 2.05) is 50.3 Å². The van der Waals surface area contributed by atoms with Crippen LogP contribution in [0.3, 0.4) is 0 Å². The number of benzene rings is 1. The summed E-state index contributed by atoms with van der Waals surface area (Å²) in [5, 5.41) is 2.96. The average Bonchev–Trinajstić information content (AvgIpc) is 2.37. The molecule has 94 valence electrons. The SMILES string of the molecule is CC.CC(=O)OC/C=C/c1ccc(NP)cc1. The van der Waals surface area contributed by atoms with Gasteiger partial charge >= 0.3 is 5.97 Å². The summed E-state index contributed by atoms with van der Waals surface area (Å²) >= 11 is 0. The minimum Gasteiger partial charge on any atom is -0.462 e. The van der Waals surface area contributed by atoms with Gasteiger partial charge < -0.3 is 9.82 Å². The van der Waals surface area contributed by atoms with Crippen molar-refractivity contribution in [3.05, 3.63) is 35.9 Å². The molecule has 1 N–H and O–H groups in total. The molecule has 1 atom stereocenters. The molecule has 0 bridgehead atoms. The van der Waals surface area contributed by atoms with Gasteiger partial charge in [0.05, 0.1) is 0 Å². The summed E-state index contributed by atoms with van der Waals surface area (Å²) in [6.07, 6.45) is 3.72. The molecule has 17 heavy (non-hydrogen) atoms. The number of nitrogens with one attached hydrogen (secondary N) is 1. The topological polar surface area (TPSA) is 38.3 Å². The van der Waals surface area contributed by atoms with Crippen LogP contribution in [0.2, 0.25) is 0 Å². The van der Waals surface area contributed by atoms with Crippen molar-refractivity contribution in [1.29, 1.82) is 0 Å². The van der Waals surface area contributed by atoms with Crippen LogP contribution in [0.15, 0.2) is 30.3 Å². The lowest BCUT2D eigenvalue weighted by molar-refractivity contribution is -0.139. The highest BCUT2D eigenvalue weighted by atomic mass is 31.0. The second kappa shape index (κ2) is 9.86. The van der Waals surface area contributed by atoms with Crippen molar-refractivity contribution in [3.63, 3.8) is 0 Å². The van der Waals surface area contributed by atoms with Crippen LogP contribution in [0.1, 0.15) is 26.3 Å². The van der Waals surface area contributed by atoms with Crippen molar-refractivity contribution in [1.82, 2.24) is 0 Å². The van der Waals surface area contributed by atoms with Gasteiger partial charge in [-0.2, -0.15) is 0 Å². The zero-order valence-electron chi connectivity index (χ0n) is 10.6. The highest BCUT2D eigenvalue weighted by Gasteiger charge is 1.89. The highest BCUT2D eigenvalue weighted by molar-refractivity contribution is 7.18. The zero-order chi connectivity index (χ0) is 13.1. The van der Waals surface area contributed by atoms with Gasteiger partial charge in [0.25, 0.3) is 0 Å². The standard InChI is InChI=1S/C11H14NO2P.C2H6/c1-9(13)14-8-2-3-10-4-6-11(12-15)7-5-10;1-2/h2-7,12H,8,15H2,1H3;1-2H3/b3-2+;. The Hall–Kier alpha value is -1.34. The molecule has 0 saturated heterocycles. The van der Waals surface area contributed by atoms with Crippen molar-refractivity contribution in [2.75, 3.05) is 11.7 Å². The van der Waals surface area contributed by atoms with Gasteiger partial charge in [0.15, 0.2) is 0 Å². The van der Waals surface area contributed by atoms with Gasteiger partial charge in [-0.15, -0.1) is 0 Å². The molecule has 1 rings (SSSR count). The van der Waals surface area contributed by atoms with E-state index in [1.54, 1.807) is 0 Å². The smallest absolute Gasteiger partial charge is 0.302 e. The van der Waals surface area contributed by atoms with Crippen molar-refractivity contribution in [3.8, 4) is 0 Å². The summed E-state index contributed by atoms with van der Waals surface area (Å²) < 4.78 is 4.77. The first-order valence-electron chi connectivity index (χ1n) is 5.59. The number of hydrogen-bond acceptors (Lipinski definition) is 3. The van der Waals surface area contributed by atoms with E-state index in [0.717, 1.165) is 11.3 Å². The summed E-state index contributed by atoms with van der Waals surface area (Å²) in [6, 6.07) is 7.91. The van der Waals surface area contributed by atoms with Crippen LogP contribution in [0.5, 0.6) is 0 Å². The van der Waals surface area contributed by atoms with Crippen LogP contribution in [0, 0.1) is 0 Å². The van der Waals surface area contributed by atoms with Crippen molar-refractivity contribution < 1.29 is 9.53 Å². The third kappa shape index (κ3) is 7.53. The first-order valence-corrected chi connectivity index (χ1v) is 6.16. The number of rotatable bonds is 4. The number of esters is 1. The fourth-order valence-corrected chi connectivity index (χ4v) is 1.23. The third-order valence-electron chi connectivity index (χ3n) is 1.77. The fourth-order valence-electron chi connectivity index (χ4n) is 1.04. The van der Waals surface area contributed by atoms with E-state index in [0.29, 0.717) is 6.61 Å². The molecular weight excluding hydrogens is 233 g/mol. The van der Waals surface area contributed by atoms with E-state index in [4.69, 9.17) is 4.74 Å². The van der Waals surface area contributed by atoms with Crippen molar-refractivity contribution in [2.45, 2.75) is 20.8 Å². The van der Waals surface area contributed by atoms with Gasteiger partial charge in [-0.1, -0.05) is 32.1 Å². The van der Waals surface area contributed by atoms with Gasteiger partial charge in [-0.25, -0.2) is 0 Å². The molecular formula is C13H20NO2P. The van der Waals surface area contributed by atoms with Crippen molar-refractivity contribution >= 4 is 27.1 Å². The molecule has 0 spiro atoms. The van der Waals surface area contributed by atoms with E-state index in [1.165, 1.54) is 6.92 Å². The molecule has 1 aromatic carbocycles. The number of carbonyl (C=O) groups is 1. The van der Waals surface area contributed by atoms with Gasteiger partial charge in [0.1, 0.15) is 6.61 Å². The monoisotopic (exact) mass is 253 g/mol. The Morgan fingerprint density at radius 1 is 1.35 bits per heavy atom. The molecule has 0 fully saturated rings. The predicted octanol–water partition coefficient (Wildman–Crippen LogP) is 3.49. The molecule has 1 aromatic rings. The Morgan fingerprint density at radius 3 is 2.41 bits per heavy atom. The van der Waals surface area contributed by atoms with Crippen LogP contribution in [0.25, 0.3) is 6.08 Å². The second-order valence-corrected chi connectivity index (χ2v) is 3.26. The first-order chi connectivity index (χ1) is 8.22. The molecule has 0 aromatic heterocycles. The van der Waals surface area contributed by atoms with Crippen LogP contribution in [-0.2, 0) is 9.53 Å². The van der Waals surface area contributed by atoms with Crippen LogP contribution in [-0.4, -0.2) is 12.6 Å². The Labute approximate surface area is 106 Å². The van der Waals surface area contributed by atoms with E-state index in [-0.39, 0.29) is 5.97 Å². The number of carbonyl (C=O) groups excluding carboxylic acids is 1. The maximum absolute atomic E-state index is 10.5. The Bertz CT molecular complexity index is 347. The van der Waals surface area contributed by atoms with E-state index in [9.17, 15) is 4.79 Å². The lowest BCUT2D eigenvalue weighted by Gasteiger charge is -1.99. The summed E-state index contributed by atoms with van der Waals surface area (Å²) in [5.41, 5.74) is 2.11. The highest BCUT2D eigenvalue weighted by Crippen LogP contribution is 2.11. The lowest BCUT2D eigenvalue weighted by atomic mass is 10.2. The maximum atomic E-state index is 10.5. The minimum absolute atomic E-state index is 0.262. The summed E-state index contributed by atoms with van der Waals surface area (Å²) in [5.74, 6) is -0.262. The molecule has 4 heteroatoms. The summed E-state index contributed by atoms with van der Waals surface area (Å²) in [7, 11) is 2.44. The molecule has 0 aliphatic rings. The Kier molecular flexibility index (Phi) is 9.08. The normalized spacial score (nSPS) is 9.41. The van der Waals surface area contributed by atoms with E-state index in [2.05, 4.69) is 14.5 Å². The first kappa shape index (κ1) is 15.7. The van der Waals surface area contributed by atoms with Gasteiger partial charge in [-0.05, 0) is 33.2 Å². The molecule has 0 aliphatic carbocycles. The number of anilines is 1. The maximum Gasteiger partial charge on any atom is 0.302 e. The van der Waals surface area contributed by atoms with Crippen LogP contribution < -0.4 is 5.09 Å². The van der Waals surface area contributed by atoms with E-state index < -0.39 is 0 Å². The van der Waals surface area contributed by atoms with Crippen molar-refractivity contribution in [2.24, 2.45) is 0 Å². The molecule has 1 unspecified atom stereocenters. The molecule has 3 nitrogen and oxygen atoms in total. The quantitative estimate of drug-likeness (QED) is 0.659. The third-order valence-corrected chi connectivity index (χ3v) is 2.10. The number of hydrogen-bond donors (Lipinski definition) is 1. The Morgan fingerprint density at radius 2 is 1.94 bits per heavy atom. The van der Waals surface area contributed by atoms with Crippen LogP contribution >= 0.6 is 9.39 Å². The minimum atomic E-state index is -0.262. The molecule has 0 saturated carbocycles. The molecule has 0 heterocycles. The Balaban J connectivity index is 0.00000121. The largest absolute Gasteiger partial charge is 0.462 e.